The first-order valence-electron chi connectivity index (χ1n) is 15.1. The third-order valence-corrected chi connectivity index (χ3v) is 10.5. The number of aromatic carboxylic acids is 1. The van der Waals surface area contributed by atoms with Crippen molar-refractivity contribution in [1.82, 2.24) is 29.1 Å². The summed E-state index contributed by atoms with van der Waals surface area (Å²) in [7, 11) is -3.19. The summed E-state index contributed by atoms with van der Waals surface area (Å²) in [5, 5.41) is 18.2. The van der Waals surface area contributed by atoms with Gasteiger partial charge in [-0.15, -0.1) is 5.10 Å². The van der Waals surface area contributed by atoms with Crippen LogP contribution in [0.15, 0.2) is 42.6 Å². The van der Waals surface area contributed by atoms with Crippen LogP contribution in [-0.2, 0) is 23.0 Å². The van der Waals surface area contributed by atoms with E-state index in [-0.39, 0.29) is 54.4 Å². The van der Waals surface area contributed by atoms with E-state index < -0.39 is 21.8 Å². The maximum absolute atomic E-state index is 14.6. The normalized spacial score (nSPS) is 18.5. The molecule has 0 spiro atoms. The molecule has 3 aromatic rings. The number of benzene rings is 2. The number of nitrogens with zero attached hydrogens (tertiary/aromatic N) is 6. The van der Waals surface area contributed by atoms with E-state index in [2.05, 4.69) is 10.3 Å². The van der Waals surface area contributed by atoms with E-state index in [1.54, 1.807) is 29.2 Å². The molecule has 3 aliphatic rings. The monoisotopic (exact) mass is 638 g/mol. The largest absolute Gasteiger partial charge is 0.478 e. The highest BCUT2D eigenvalue weighted by Gasteiger charge is 2.31. The molecule has 0 radical (unpaired) electrons. The van der Waals surface area contributed by atoms with E-state index in [0.29, 0.717) is 68.6 Å². The van der Waals surface area contributed by atoms with Gasteiger partial charge in [0, 0.05) is 68.1 Å². The first kappa shape index (κ1) is 30.8. The van der Waals surface area contributed by atoms with Crippen LogP contribution in [-0.4, -0.2) is 99.4 Å². The van der Waals surface area contributed by atoms with Crippen LogP contribution in [0.3, 0.4) is 0 Å². The minimum atomic E-state index is -3.19. The van der Waals surface area contributed by atoms with E-state index in [0.717, 1.165) is 11.8 Å². The number of rotatable bonds is 6. The molecule has 1 N–H and O–H groups in total. The number of hydrogen-bond acceptors (Lipinski definition) is 7. The number of carbonyl (C=O) groups excluding carboxylic acids is 2. The summed E-state index contributed by atoms with van der Waals surface area (Å²) in [5.74, 6) is -2.04. The average Bonchev–Trinajstić information content (AvgIpc) is 3.54. The Kier molecular flexibility index (Phi) is 8.44. The summed E-state index contributed by atoms with van der Waals surface area (Å²) in [5.41, 5.74) is 2.24. The van der Waals surface area contributed by atoms with E-state index in [1.807, 2.05) is 10.9 Å². The van der Waals surface area contributed by atoms with Crippen LogP contribution < -0.4 is 0 Å². The molecule has 2 saturated heterocycles. The molecule has 0 unspecified atom stereocenters. The Labute approximate surface area is 260 Å². The number of likely N-dealkylation sites (tertiary alicyclic amines) is 1. The molecule has 3 aliphatic heterocycles. The Morgan fingerprint density at radius 2 is 1.56 bits per heavy atom. The summed E-state index contributed by atoms with van der Waals surface area (Å²) in [6.07, 6.45) is 6.19. The molecule has 2 amide bonds. The molecule has 4 heterocycles. The Morgan fingerprint density at radius 1 is 0.889 bits per heavy atom. The second-order valence-corrected chi connectivity index (χ2v) is 14.0. The molecule has 0 atom stereocenters. The van der Waals surface area contributed by atoms with Crippen LogP contribution in [0.4, 0.5) is 4.39 Å². The number of fused-ring (bicyclic) bond motifs is 1. The Hall–Kier alpha value is -4.17. The van der Waals surface area contributed by atoms with Gasteiger partial charge in [-0.1, -0.05) is 11.3 Å². The van der Waals surface area contributed by atoms with Crippen LogP contribution in [0.1, 0.15) is 85.5 Å². The van der Waals surface area contributed by atoms with E-state index >= 15 is 0 Å². The summed E-state index contributed by atoms with van der Waals surface area (Å²) in [6.45, 7) is 2.17. The number of carboxylic acid groups (broad SMARTS) is 1. The number of hydrogen-bond donors (Lipinski definition) is 1. The first-order valence-corrected chi connectivity index (χ1v) is 16.9. The zero-order valence-corrected chi connectivity index (χ0v) is 25.7. The van der Waals surface area contributed by atoms with Gasteiger partial charge < -0.3 is 14.9 Å². The van der Waals surface area contributed by atoms with Gasteiger partial charge in [-0.05, 0) is 68.0 Å². The second kappa shape index (κ2) is 12.3. The molecule has 2 aromatic carbocycles. The molecule has 45 heavy (non-hydrogen) atoms. The predicted molar refractivity (Wildman–Crippen MR) is 161 cm³/mol. The molecule has 14 heteroatoms. The van der Waals surface area contributed by atoms with Gasteiger partial charge in [-0.3, -0.25) is 9.59 Å². The fourth-order valence-corrected chi connectivity index (χ4v) is 7.51. The van der Waals surface area contributed by atoms with Crippen molar-refractivity contribution in [2.75, 3.05) is 39.0 Å². The topological polar surface area (TPSA) is 146 Å². The van der Waals surface area contributed by atoms with E-state index in [9.17, 15) is 32.3 Å². The number of amides is 2. The van der Waals surface area contributed by atoms with Crippen LogP contribution in [0.5, 0.6) is 0 Å². The number of carboxylic acids is 1. The predicted octanol–water partition coefficient (Wildman–Crippen LogP) is 2.93. The van der Waals surface area contributed by atoms with Crippen LogP contribution in [0.25, 0.3) is 0 Å². The van der Waals surface area contributed by atoms with Crippen LogP contribution in [0.2, 0.25) is 0 Å². The van der Waals surface area contributed by atoms with Gasteiger partial charge >= 0.3 is 5.97 Å². The number of piperidine rings is 2. The van der Waals surface area contributed by atoms with Crippen molar-refractivity contribution in [3.05, 3.63) is 81.9 Å². The quantitative estimate of drug-likeness (QED) is 0.434. The molecule has 0 bridgehead atoms. The lowest BCUT2D eigenvalue weighted by molar-refractivity contribution is 0.0682. The van der Waals surface area contributed by atoms with Crippen LogP contribution in [0, 0.1) is 5.82 Å². The highest BCUT2D eigenvalue weighted by molar-refractivity contribution is 7.88. The molecule has 2 fully saturated rings. The van der Waals surface area contributed by atoms with Crippen molar-refractivity contribution in [2.45, 2.75) is 50.6 Å². The third-order valence-electron chi connectivity index (χ3n) is 9.22. The summed E-state index contributed by atoms with van der Waals surface area (Å²) >= 11 is 0. The Balaban J connectivity index is 1.06. The van der Waals surface area contributed by atoms with E-state index in [1.165, 1.54) is 21.5 Å². The maximum atomic E-state index is 14.6. The minimum Gasteiger partial charge on any atom is -0.478 e. The zero-order chi connectivity index (χ0) is 31.9. The second-order valence-electron chi connectivity index (χ2n) is 12.0. The summed E-state index contributed by atoms with van der Waals surface area (Å²) in [4.78, 5) is 41.6. The van der Waals surface area contributed by atoms with Gasteiger partial charge in [-0.2, -0.15) is 0 Å². The lowest BCUT2D eigenvalue weighted by atomic mass is 9.93. The van der Waals surface area contributed by atoms with Crippen molar-refractivity contribution >= 4 is 27.8 Å². The van der Waals surface area contributed by atoms with Gasteiger partial charge in [0.15, 0.2) is 0 Å². The minimum absolute atomic E-state index is 0.0450. The molecule has 0 aliphatic carbocycles. The lowest BCUT2D eigenvalue weighted by Crippen LogP contribution is -2.39. The molecule has 1 aromatic heterocycles. The standard InChI is InChI=1S/C31H35FN6O6S/c1-45(43,44)37-15-7-20(8-16-37)28-19-38(34-33-28)23-9-12-35(13-10-23)29(39)21-3-2-4-22(17-21)30(40)36-14-11-24-25(31(41)42)5-6-27(32)26(24)18-36/h2-6,17,19-20,23H,7-16,18H2,1H3,(H,41,42). The highest BCUT2D eigenvalue weighted by Crippen LogP contribution is 2.30. The number of halogens is 1. The van der Waals surface area contributed by atoms with Crippen molar-refractivity contribution in [2.24, 2.45) is 0 Å². The van der Waals surface area contributed by atoms with Crippen LogP contribution >= 0.6 is 0 Å². The van der Waals surface area contributed by atoms with Crippen molar-refractivity contribution in [3.63, 3.8) is 0 Å². The first-order chi connectivity index (χ1) is 21.5. The Morgan fingerprint density at radius 3 is 2.20 bits per heavy atom. The van der Waals surface area contributed by atoms with E-state index in [4.69, 9.17) is 0 Å². The molecule has 238 valence electrons. The molecule has 0 saturated carbocycles. The fraction of sp³-hybridized carbons (Fsp3) is 0.452. The van der Waals surface area contributed by atoms with Gasteiger partial charge in [0.25, 0.3) is 11.8 Å². The fourth-order valence-electron chi connectivity index (χ4n) is 6.63. The zero-order valence-electron chi connectivity index (χ0n) is 24.9. The van der Waals surface area contributed by atoms with Gasteiger partial charge in [-0.25, -0.2) is 26.6 Å². The van der Waals surface area contributed by atoms with Gasteiger partial charge in [0.05, 0.1) is 23.6 Å². The lowest BCUT2D eigenvalue weighted by Gasteiger charge is -2.32. The summed E-state index contributed by atoms with van der Waals surface area (Å²) < 4.78 is 41.6. The highest BCUT2D eigenvalue weighted by atomic mass is 32.2. The smallest absolute Gasteiger partial charge is 0.335 e. The summed E-state index contributed by atoms with van der Waals surface area (Å²) in [6, 6.07) is 8.98. The molecule has 12 nitrogen and oxygen atoms in total. The Bertz CT molecular complexity index is 1740. The van der Waals surface area contributed by atoms with Crippen molar-refractivity contribution < 1.29 is 32.3 Å². The third kappa shape index (κ3) is 6.34. The maximum Gasteiger partial charge on any atom is 0.335 e. The van der Waals surface area contributed by atoms with Crippen molar-refractivity contribution in [1.29, 1.82) is 0 Å². The number of sulfonamides is 1. The van der Waals surface area contributed by atoms with Gasteiger partial charge in [0.1, 0.15) is 5.82 Å². The molecule has 6 rings (SSSR count). The van der Waals surface area contributed by atoms with Crippen molar-refractivity contribution in [3.8, 4) is 0 Å². The molecular weight excluding hydrogens is 603 g/mol. The molecular formula is C31H35FN6O6S. The van der Waals surface area contributed by atoms with Gasteiger partial charge in [0.2, 0.25) is 10.0 Å². The SMILES string of the molecule is CS(=O)(=O)N1CCC(c2cn(C3CCN(C(=O)c4cccc(C(=O)N5CCc6c(C(=O)O)ccc(F)c6C5)c4)CC3)nn2)CC1. The number of carbonyl (C=O) groups is 3. The number of aromatic nitrogens is 3. The average molecular weight is 639 g/mol.